The third-order valence-corrected chi connectivity index (χ3v) is 15.8. The number of aromatic nitrogens is 2. The molecule has 1 aromatic heterocycles. The highest BCUT2D eigenvalue weighted by Crippen LogP contribution is 2.38. The maximum atomic E-state index is 14.6. The van der Waals surface area contributed by atoms with Crippen LogP contribution in [0.2, 0.25) is 0 Å². The number of fused-ring (bicyclic) bond motifs is 3. The van der Waals surface area contributed by atoms with Gasteiger partial charge in [-0.1, -0.05) is 71.1 Å². The van der Waals surface area contributed by atoms with Gasteiger partial charge in [0.2, 0.25) is 5.79 Å². The molecule has 76 heavy (non-hydrogen) atoms. The Morgan fingerprint density at radius 2 is 1.66 bits per heavy atom. The molecule has 0 radical (unpaired) electrons. The molecule has 4 heterocycles. The summed E-state index contributed by atoms with van der Waals surface area (Å²) in [6.45, 7) is 13.0. The van der Waals surface area contributed by atoms with Crippen molar-refractivity contribution < 1.29 is 72.2 Å². The molecule has 5 rings (SSSR count). The Morgan fingerprint density at radius 1 is 0.908 bits per heavy atom. The number of hydrogen-bond acceptors (Lipinski definition) is 19. The van der Waals surface area contributed by atoms with Crippen LogP contribution in [-0.4, -0.2) is 155 Å². The minimum atomic E-state index is -2.46. The van der Waals surface area contributed by atoms with Crippen molar-refractivity contribution in [3.05, 3.63) is 57.7 Å². The quantitative estimate of drug-likeness (QED) is 0.0496. The van der Waals surface area contributed by atoms with E-state index >= 15 is 0 Å². The van der Waals surface area contributed by atoms with Gasteiger partial charge in [0.1, 0.15) is 30.1 Å². The Kier molecular flexibility index (Phi) is 23.7. The minimum absolute atomic E-state index is 0.00504. The van der Waals surface area contributed by atoms with Crippen molar-refractivity contribution >= 4 is 40.9 Å². The molecule has 21 nitrogen and oxygen atoms in total. The first kappa shape index (κ1) is 61.8. The molecule has 1 saturated carbocycles. The maximum Gasteiger partial charge on any atom is 0.458 e. The molecule has 3 N–H and O–H groups in total. The number of hydrogen-bond donors (Lipinski definition) is 3. The van der Waals surface area contributed by atoms with Gasteiger partial charge in [-0.25, -0.2) is 4.79 Å². The fourth-order valence-corrected chi connectivity index (χ4v) is 11.1. The molecule has 0 spiro atoms. The van der Waals surface area contributed by atoms with E-state index in [-0.39, 0.29) is 74.0 Å². The molecule has 0 aromatic carbocycles. The lowest BCUT2D eigenvalue weighted by atomic mass is 9.78. The van der Waals surface area contributed by atoms with E-state index in [1.54, 1.807) is 48.0 Å². The number of aliphatic hydroxyl groups is 2. The molecule has 424 valence electrons. The molecule has 2 unspecified atom stereocenters. The summed E-state index contributed by atoms with van der Waals surface area (Å²) in [6, 6.07) is -1.19. The topological polar surface area (TPSA) is 279 Å². The number of piperidine rings is 1. The zero-order valence-corrected chi connectivity index (χ0v) is 46.1. The summed E-state index contributed by atoms with van der Waals surface area (Å²) in [5.41, 5.74) is 1.22. The zero-order valence-electron chi connectivity index (χ0n) is 46.1. The van der Waals surface area contributed by atoms with E-state index in [1.165, 1.54) is 12.0 Å². The van der Waals surface area contributed by atoms with Crippen molar-refractivity contribution in [3.8, 4) is 0 Å². The predicted octanol–water partition coefficient (Wildman–Crippen LogP) is 6.61. The Morgan fingerprint density at radius 3 is 2.36 bits per heavy atom. The largest absolute Gasteiger partial charge is 0.460 e. The number of Topliss-reactive ketones (excluding diaryl/α,β-unsaturated/α-hetero) is 3. The molecule has 1 aromatic rings. The van der Waals surface area contributed by atoms with Crippen molar-refractivity contribution in [2.24, 2.45) is 35.5 Å². The molecule has 21 heteroatoms. The highest BCUT2D eigenvalue weighted by Gasteiger charge is 2.53. The first-order chi connectivity index (χ1) is 36.1. The Hall–Kier alpha value is -5.03. The molecule has 2 bridgehead atoms. The minimum Gasteiger partial charge on any atom is -0.460 e. The van der Waals surface area contributed by atoms with E-state index < -0.39 is 94.4 Å². The van der Waals surface area contributed by atoms with Crippen molar-refractivity contribution in [2.45, 2.75) is 180 Å². The van der Waals surface area contributed by atoms with Crippen molar-refractivity contribution in [1.29, 1.82) is 0 Å². The third-order valence-electron chi connectivity index (χ3n) is 15.8. The number of aliphatic hydroxyl groups excluding tert-OH is 1. The second-order valence-corrected chi connectivity index (χ2v) is 21.6. The van der Waals surface area contributed by atoms with Gasteiger partial charge < -0.3 is 59.0 Å². The number of nitrogens with zero attached hydrogens (tertiary/aromatic N) is 4. The number of nitrogens with one attached hydrogen (secondary N) is 1. The smallest absolute Gasteiger partial charge is 0.458 e. The summed E-state index contributed by atoms with van der Waals surface area (Å²) >= 11 is 0. The first-order valence-corrected chi connectivity index (χ1v) is 26.9. The van der Waals surface area contributed by atoms with Crippen LogP contribution >= 0.6 is 0 Å². The molecule has 2 saturated heterocycles. The monoisotopic (exact) mass is 1070 g/mol. The molecule has 15 atom stereocenters. The number of esters is 1. The summed E-state index contributed by atoms with van der Waals surface area (Å²) in [5, 5.41) is 44.4. The van der Waals surface area contributed by atoms with E-state index in [2.05, 4.69) is 20.3 Å². The molecular formula is C55H83N5O16. The number of rotatable bonds is 12. The van der Waals surface area contributed by atoms with Gasteiger partial charge in [-0.2, -0.15) is 0 Å². The van der Waals surface area contributed by atoms with E-state index in [9.17, 15) is 44.3 Å². The molecule has 1 aliphatic carbocycles. The maximum absolute atomic E-state index is 14.6. The average Bonchev–Trinajstić information content (AvgIpc) is 3.88. The van der Waals surface area contributed by atoms with Gasteiger partial charge in [-0.3, -0.25) is 19.2 Å². The lowest BCUT2D eigenvalue weighted by Crippen LogP contribution is -2.61. The number of cyclic esters (lactones) is 1. The molecule has 3 aliphatic heterocycles. The van der Waals surface area contributed by atoms with Gasteiger partial charge >= 0.3 is 11.8 Å². The number of nitro groups is 1. The van der Waals surface area contributed by atoms with Crippen LogP contribution in [-0.2, 0) is 52.4 Å². The van der Waals surface area contributed by atoms with Gasteiger partial charge in [-0.15, -0.1) is 4.63 Å². The first-order valence-electron chi connectivity index (χ1n) is 26.9. The van der Waals surface area contributed by atoms with E-state index in [1.807, 2.05) is 51.2 Å². The molecule has 1 amide bonds. The van der Waals surface area contributed by atoms with Crippen LogP contribution in [0.5, 0.6) is 0 Å². The Balaban J connectivity index is 1.40. The van der Waals surface area contributed by atoms with Crippen LogP contribution < -0.4 is 5.32 Å². The zero-order chi connectivity index (χ0) is 55.9. The van der Waals surface area contributed by atoms with Gasteiger partial charge in [0.15, 0.2) is 10.9 Å². The lowest BCUT2D eigenvalue weighted by molar-refractivity contribution is -0.390. The number of anilines is 1. The van der Waals surface area contributed by atoms with Crippen LogP contribution in [0, 0.1) is 45.6 Å². The highest BCUT2D eigenvalue weighted by molar-refractivity contribution is 6.39. The summed E-state index contributed by atoms with van der Waals surface area (Å²) in [6.07, 6.45) is 11.0. The van der Waals surface area contributed by atoms with Crippen molar-refractivity contribution in [2.75, 3.05) is 46.3 Å². The van der Waals surface area contributed by atoms with Crippen molar-refractivity contribution in [3.63, 3.8) is 0 Å². The molecule has 4 aliphatic rings. The second kappa shape index (κ2) is 29.1. The van der Waals surface area contributed by atoms with Crippen LogP contribution in [0.1, 0.15) is 126 Å². The SMILES string of the molecule is COC1C[C@@H]2CC[C@@H](C)[C@@](O)(O2)C(=O)C(=O)N2CCCC[C@H]2C(=O)O[C@H]([C@H](C)C[C@@H]2CC[C@@H](OCCNc3nonc3[N+](=O)[O-])[C@H](OC)C2)CC(=O)[C@H](C)/C=C(\C)[C@@H](O)C(OC)C(=O)[C@H](C)C[C@H](C)/C=C/C=C/C=C/1C. The van der Waals surface area contributed by atoms with Crippen molar-refractivity contribution in [1.82, 2.24) is 15.2 Å². The number of amides is 1. The number of allylic oxidation sites excluding steroid dienone is 6. The van der Waals surface area contributed by atoms with E-state index in [0.29, 0.717) is 69.8 Å². The highest BCUT2D eigenvalue weighted by atomic mass is 16.6. The molecular weight excluding hydrogens is 987 g/mol. The summed E-state index contributed by atoms with van der Waals surface area (Å²) in [5.74, 6) is -9.04. The van der Waals surface area contributed by atoms with E-state index in [4.69, 9.17) is 28.4 Å². The van der Waals surface area contributed by atoms with Crippen LogP contribution in [0.3, 0.4) is 0 Å². The number of ether oxygens (including phenoxy) is 6. The summed E-state index contributed by atoms with van der Waals surface area (Å²) in [4.78, 5) is 83.1. The van der Waals surface area contributed by atoms with Gasteiger partial charge in [-0.05, 0) is 112 Å². The van der Waals surface area contributed by atoms with Gasteiger partial charge in [0.05, 0.1) is 31.0 Å². The average molecular weight is 1070 g/mol. The Bertz CT molecular complexity index is 2260. The fourth-order valence-electron chi connectivity index (χ4n) is 11.1. The van der Waals surface area contributed by atoms with Gasteiger partial charge in [0, 0.05) is 70.2 Å². The van der Waals surface area contributed by atoms with Gasteiger partial charge in [0.25, 0.3) is 17.5 Å². The summed E-state index contributed by atoms with van der Waals surface area (Å²) < 4.78 is 40.5. The number of carbonyl (C=O) groups is 5. The molecule has 3 fully saturated rings. The normalized spacial score (nSPS) is 36.2. The van der Waals surface area contributed by atoms with Crippen LogP contribution in [0.15, 0.2) is 52.2 Å². The van der Waals surface area contributed by atoms with E-state index in [0.717, 1.165) is 5.57 Å². The number of ketones is 3. The standard InChI is InChI=1S/C55H83N5O16/c1-32-16-12-11-13-17-33(2)44(70-8)30-40-21-19-38(7)55(67,75-40)50(64)53(65)59-24-15-14-18-41(59)54(66)74-45(31-42(61)34(3)27-37(6)48(63)49(72-10)47(62)36(5)26-32)35(4)28-39-20-22-43(46(29-39)71-9)73-25-23-56-51-52(60(68)69)58-76-57-51/h11-13,16-17,27,32,34-36,38-41,43-46,48-49,63,67H,14-15,18-26,28-31H2,1-10H3,(H,56,57)/b13-11+,16-12+,33-17+,37-27+/t32-,34-,35-,36-,38-,39+,40+,41+,43-,44?,45+,46-,48-,49?,55-/m1/s1. The van der Waals surface area contributed by atoms with Crippen LogP contribution in [0.4, 0.5) is 11.6 Å². The summed E-state index contributed by atoms with van der Waals surface area (Å²) in [7, 11) is 4.52. The predicted molar refractivity (Wildman–Crippen MR) is 278 cm³/mol. The number of carbonyl (C=O) groups excluding carboxylic acids is 5. The lowest BCUT2D eigenvalue weighted by Gasteiger charge is -2.42. The second-order valence-electron chi connectivity index (χ2n) is 21.6. The third kappa shape index (κ3) is 16.3. The fraction of sp³-hybridized carbons (Fsp3) is 0.727. The number of methoxy groups -OCH3 is 3. The Labute approximate surface area is 446 Å². The van der Waals surface area contributed by atoms with Crippen LogP contribution in [0.25, 0.3) is 0 Å².